The summed E-state index contributed by atoms with van der Waals surface area (Å²) in [5.41, 5.74) is 0. The van der Waals surface area contributed by atoms with Crippen molar-refractivity contribution in [2.75, 3.05) is 0 Å². The largest absolute Gasteiger partial charge is 0.100 e. The van der Waals surface area contributed by atoms with Gasteiger partial charge in [0.2, 0.25) is 0 Å². The molecule has 1 heteroatoms. The lowest BCUT2D eigenvalue weighted by molar-refractivity contribution is 1.65. The molecule has 9 heavy (non-hydrogen) atoms. The molecule has 0 aromatic heterocycles. The predicted molar refractivity (Wildman–Crippen MR) is 46.4 cm³/mol. The fraction of sp³-hybridized carbons (Fsp3) is 0.250. The van der Waals surface area contributed by atoms with E-state index in [1.807, 2.05) is 19.9 Å². The molecule has 0 saturated heterocycles. The molecule has 0 aliphatic heterocycles. The van der Waals surface area contributed by atoms with Crippen molar-refractivity contribution in [3.05, 3.63) is 35.1 Å². The van der Waals surface area contributed by atoms with Crippen LogP contribution < -0.4 is 0 Å². The van der Waals surface area contributed by atoms with Crippen LogP contribution in [0.2, 0.25) is 0 Å². The van der Waals surface area contributed by atoms with Crippen LogP contribution in [0.15, 0.2) is 35.1 Å². The molecule has 0 rings (SSSR count). The van der Waals surface area contributed by atoms with Gasteiger partial charge >= 0.3 is 0 Å². The van der Waals surface area contributed by atoms with Gasteiger partial charge in [0.25, 0.3) is 0 Å². The van der Waals surface area contributed by atoms with Crippen LogP contribution in [0.4, 0.5) is 0 Å². The second-order valence-corrected chi connectivity index (χ2v) is 3.36. The average molecular weight is 140 g/mol. The molecule has 0 N–H and O–H groups in total. The fourth-order valence-corrected chi connectivity index (χ4v) is 1.19. The number of thioether (sulfide) groups is 1. The van der Waals surface area contributed by atoms with Gasteiger partial charge in [-0.3, -0.25) is 0 Å². The first-order valence-corrected chi connectivity index (χ1v) is 3.61. The molecule has 0 atom stereocenters. The van der Waals surface area contributed by atoms with E-state index in [0.29, 0.717) is 0 Å². The van der Waals surface area contributed by atoms with E-state index in [1.54, 1.807) is 17.8 Å². The minimum atomic E-state index is 1.12. The molecule has 0 aromatic carbocycles. The highest BCUT2D eigenvalue weighted by Gasteiger charge is 1.86. The molecule has 0 unspecified atom stereocenters. The molecule has 0 aliphatic carbocycles. The summed E-state index contributed by atoms with van der Waals surface area (Å²) in [6, 6.07) is 0. The van der Waals surface area contributed by atoms with Gasteiger partial charge in [0.15, 0.2) is 0 Å². The predicted octanol–water partition coefficient (Wildman–Crippen LogP) is 3.34. The molecule has 50 valence electrons. The van der Waals surface area contributed by atoms with Crippen molar-refractivity contribution in [3.8, 4) is 0 Å². The Kier molecular flexibility index (Phi) is 4.24. The Morgan fingerprint density at radius 1 is 1.44 bits per heavy atom. The van der Waals surface area contributed by atoms with Crippen molar-refractivity contribution in [3.63, 3.8) is 0 Å². The Morgan fingerprint density at radius 2 is 2.00 bits per heavy atom. The van der Waals surface area contributed by atoms with Gasteiger partial charge in [0, 0.05) is 0 Å². The summed E-state index contributed by atoms with van der Waals surface area (Å²) in [7, 11) is 0. The molecular formula is C8H12S. The lowest BCUT2D eigenvalue weighted by Crippen LogP contribution is -1.64. The van der Waals surface area contributed by atoms with Crippen LogP contribution in [0.25, 0.3) is 0 Å². The van der Waals surface area contributed by atoms with Crippen LogP contribution in [0.1, 0.15) is 13.8 Å². The lowest BCUT2D eigenvalue weighted by atomic mass is 10.5. The molecule has 0 saturated carbocycles. The molecule has 0 heterocycles. The van der Waals surface area contributed by atoms with E-state index in [-0.39, 0.29) is 0 Å². The second kappa shape index (κ2) is 4.45. The Morgan fingerprint density at radius 3 is 2.33 bits per heavy atom. The Bertz CT molecular complexity index is 143. The summed E-state index contributed by atoms with van der Waals surface area (Å²) in [6.07, 6.45) is 3.75. The van der Waals surface area contributed by atoms with E-state index in [4.69, 9.17) is 0 Å². The van der Waals surface area contributed by atoms with Gasteiger partial charge in [0.05, 0.1) is 0 Å². The lowest BCUT2D eigenvalue weighted by Gasteiger charge is -1.95. The SMILES string of the molecule is C=CC=C(C)SC(=C)C. The highest BCUT2D eigenvalue weighted by Crippen LogP contribution is 2.21. The normalized spacial score (nSPS) is 11.1. The summed E-state index contributed by atoms with van der Waals surface area (Å²) in [5, 5.41) is 0. The van der Waals surface area contributed by atoms with Crippen LogP contribution in [0.5, 0.6) is 0 Å². The van der Waals surface area contributed by atoms with Gasteiger partial charge in [-0.05, 0) is 23.7 Å². The summed E-state index contributed by atoms with van der Waals surface area (Å²) in [6.45, 7) is 11.4. The molecule has 0 aliphatic rings. The minimum absolute atomic E-state index is 1.12. The molecule has 0 nitrogen and oxygen atoms in total. The van der Waals surface area contributed by atoms with Crippen molar-refractivity contribution >= 4 is 11.8 Å². The van der Waals surface area contributed by atoms with Gasteiger partial charge in [-0.25, -0.2) is 0 Å². The highest BCUT2D eigenvalue weighted by atomic mass is 32.2. The zero-order chi connectivity index (χ0) is 7.28. The van der Waals surface area contributed by atoms with Crippen LogP contribution in [0, 0.1) is 0 Å². The summed E-state index contributed by atoms with van der Waals surface area (Å²) >= 11 is 1.67. The van der Waals surface area contributed by atoms with Crippen molar-refractivity contribution in [1.29, 1.82) is 0 Å². The molecule has 0 spiro atoms. The van der Waals surface area contributed by atoms with Gasteiger partial charge in [-0.15, -0.1) is 11.8 Å². The van der Waals surface area contributed by atoms with Crippen molar-refractivity contribution in [2.24, 2.45) is 0 Å². The third-order valence-electron chi connectivity index (χ3n) is 0.688. The minimum Gasteiger partial charge on any atom is -0.100 e. The Labute approximate surface area is 61.3 Å². The standard InChI is InChI=1S/C8H12S/c1-5-6-8(4)9-7(2)3/h5-6H,1-2H2,3-4H3. The fourth-order valence-electron chi connectivity index (χ4n) is 0.475. The van der Waals surface area contributed by atoms with Crippen LogP contribution in [0.3, 0.4) is 0 Å². The molecule has 0 amide bonds. The van der Waals surface area contributed by atoms with Gasteiger partial charge in [0.1, 0.15) is 0 Å². The molecule has 0 bridgehead atoms. The first-order valence-electron chi connectivity index (χ1n) is 2.79. The van der Waals surface area contributed by atoms with Crippen molar-refractivity contribution in [2.45, 2.75) is 13.8 Å². The van der Waals surface area contributed by atoms with E-state index in [0.717, 1.165) is 4.91 Å². The maximum absolute atomic E-state index is 3.77. The zero-order valence-corrected chi connectivity index (χ0v) is 6.79. The topological polar surface area (TPSA) is 0 Å². The second-order valence-electron chi connectivity index (χ2n) is 1.82. The number of allylic oxidation sites excluding steroid dienone is 4. The van der Waals surface area contributed by atoms with Gasteiger partial charge in [-0.2, -0.15) is 0 Å². The van der Waals surface area contributed by atoms with Crippen LogP contribution in [-0.4, -0.2) is 0 Å². The number of hydrogen-bond donors (Lipinski definition) is 0. The summed E-state index contributed by atoms with van der Waals surface area (Å²) in [5.74, 6) is 0. The Hall–Kier alpha value is -0.430. The third kappa shape index (κ3) is 5.44. The summed E-state index contributed by atoms with van der Waals surface area (Å²) in [4.78, 5) is 2.35. The van der Waals surface area contributed by atoms with Crippen LogP contribution >= 0.6 is 11.8 Å². The van der Waals surface area contributed by atoms with E-state index in [9.17, 15) is 0 Å². The first kappa shape index (κ1) is 8.57. The van der Waals surface area contributed by atoms with E-state index in [2.05, 4.69) is 13.2 Å². The Balaban J connectivity index is 3.75. The maximum atomic E-state index is 3.77. The highest BCUT2D eigenvalue weighted by molar-refractivity contribution is 8.06. The number of hydrogen-bond acceptors (Lipinski definition) is 1. The van der Waals surface area contributed by atoms with E-state index < -0.39 is 0 Å². The average Bonchev–Trinajstić information content (AvgIpc) is 1.63. The molecule has 0 aromatic rings. The zero-order valence-electron chi connectivity index (χ0n) is 5.98. The first-order chi connectivity index (χ1) is 4.16. The molecular weight excluding hydrogens is 128 g/mol. The quantitative estimate of drug-likeness (QED) is 0.542. The van der Waals surface area contributed by atoms with Gasteiger partial charge < -0.3 is 0 Å². The van der Waals surface area contributed by atoms with Crippen LogP contribution in [-0.2, 0) is 0 Å². The maximum Gasteiger partial charge on any atom is -0.0137 e. The summed E-state index contributed by atoms with van der Waals surface area (Å²) < 4.78 is 0. The molecule has 0 fully saturated rings. The third-order valence-corrected chi connectivity index (χ3v) is 1.49. The van der Waals surface area contributed by atoms with Crippen molar-refractivity contribution in [1.82, 2.24) is 0 Å². The number of rotatable bonds is 3. The van der Waals surface area contributed by atoms with E-state index in [1.165, 1.54) is 4.91 Å². The van der Waals surface area contributed by atoms with Gasteiger partial charge in [-0.1, -0.05) is 25.3 Å². The molecule has 0 radical (unpaired) electrons. The van der Waals surface area contributed by atoms with Crippen molar-refractivity contribution < 1.29 is 0 Å². The smallest absolute Gasteiger partial charge is 0.0137 e. The van der Waals surface area contributed by atoms with E-state index >= 15 is 0 Å². The monoisotopic (exact) mass is 140 g/mol.